The number of hydrogen-bond acceptors (Lipinski definition) is 2. The fourth-order valence-electron chi connectivity index (χ4n) is 2.63. The number of nitrogens with two attached hydrogens (primary N) is 1. The van der Waals surface area contributed by atoms with Crippen LogP contribution in [0.3, 0.4) is 0 Å². The van der Waals surface area contributed by atoms with E-state index in [4.69, 9.17) is 5.73 Å². The highest BCUT2D eigenvalue weighted by Crippen LogP contribution is 2.24. The van der Waals surface area contributed by atoms with Gasteiger partial charge in [-0.2, -0.15) is 0 Å². The molecule has 2 N–H and O–H groups in total. The summed E-state index contributed by atoms with van der Waals surface area (Å²) >= 11 is 0. The average molecular weight is 232 g/mol. The first-order chi connectivity index (χ1) is 8.20. The number of nitrogens with zero attached hydrogens (tertiary/aromatic N) is 1. The minimum Gasteiger partial charge on any atom is -0.327 e. The summed E-state index contributed by atoms with van der Waals surface area (Å²) in [6.07, 6.45) is 3.53. The molecule has 0 aliphatic carbocycles. The fourth-order valence-corrected chi connectivity index (χ4v) is 2.63. The molecule has 2 heteroatoms. The Bertz CT molecular complexity index is 344. The Morgan fingerprint density at radius 1 is 1.35 bits per heavy atom. The lowest BCUT2D eigenvalue weighted by Crippen LogP contribution is -2.43. The first-order valence-corrected chi connectivity index (χ1v) is 6.79. The minimum atomic E-state index is 0.362. The molecule has 2 unspecified atom stereocenters. The summed E-state index contributed by atoms with van der Waals surface area (Å²) in [7, 11) is 0. The molecule has 2 nitrogen and oxygen atoms in total. The third-order valence-electron chi connectivity index (χ3n) is 3.91. The zero-order valence-corrected chi connectivity index (χ0v) is 11.0. The standard InChI is InChI=1S/C15H24N2/c1-3-13-6-8-14(9-7-13)12(2)17-10-4-5-15(16)11-17/h6-9,12,15H,3-5,10-11,16H2,1-2H3. The molecule has 0 amide bonds. The summed E-state index contributed by atoms with van der Waals surface area (Å²) < 4.78 is 0. The quantitative estimate of drug-likeness (QED) is 0.868. The molecular formula is C15H24N2. The van der Waals surface area contributed by atoms with Gasteiger partial charge in [0.1, 0.15) is 0 Å². The van der Waals surface area contributed by atoms with Gasteiger partial charge in [-0.3, -0.25) is 4.90 Å². The summed E-state index contributed by atoms with van der Waals surface area (Å²) in [5.41, 5.74) is 8.87. The Morgan fingerprint density at radius 3 is 2.65 bits per heavy atom. The molecule has 1 saturated heterocycles. The van der Waals surface area contributed by atoms with E-state index in [9.17, 15) is 0 Å². The highest BCUT2D eigenvalue weighted by atomic mass is 15.2. The van der Waals surface area contributed by atoms with E-state index >= 15 is 0 Å². The van der Waals surface area contributed by atoms with Gasteiger partial charge in [0, 0.05) is 18.6 Å². The molecule has 1 aliphatic rings. The molecule has 0 aromatic heterocycles. The van der Waals surface area contributed by atoms with Gasteiger partial charge in [0.15, 0.2) is 0 Å². The van der Waals surface area contributed by atoms with Gasteiger partial charge in [-0.25, -0.2) is 0 Å². The van der Waals surface area contributed by atoms with E-state index in [1.54, 1.807) is 0 Å². The van der Waals surface area contributed by atoms with Crippen molar-refractivity contribution in [3.63, 3.8) is 0 Å². The van der Waals surface area contributed by atoms with Crippen molar-refractivity contribution < 1.29 is 0 Å². The number of aryl methyl sites for hydroxylation is 1. The van der Waals surface area contributed by atoms with E-state index in [1.165, 1.54) is 30.5 Å². The monoisotopic (exact) mass is 232 g/mol. The molecule has 1 aliphatic heterocycles. The van der Waals surface area contributed by atoms with Crippen LogP contribution in [0.25, 0.3) is 0 Å². The van der Waals surface area contributed by atoms with Crippen LogP contribution >= 0.6 is 0 Å². The molecule has 1 aromatic carbocycles. The molecule has 0 bridgehead atoms. The number of benzene rings is 1. The van der Waals surface area contributed by atoms with E-state index in [0.29, 0.717) is 12.1 Å². The van der Waals surface area contributed by atoms with Gasteiger partial charge >= 0.3 is 0 Å². The van der Waals surface area contributed by atoms with Crippen LogP contribution in [0.1, 0.15) is 43.9 Å². The maximum absolute atomic E-state index is 6.04. The molecule has 0 radical (unpaired) electrons. The largest absolute Gasteiger partial charge is 0.327 e. The lowest BCUT2D eigenvalue weighted by molar-refractivity contribution is 0.159. The maximum Gasteiger partial charge on any atom is 0.0320 e. The molecule has 17 heavy (non-hydrogen) atoms. The number of likely N-dealkylation sites (tertiary alicyclic amines) is 1. The Morgan fingerprint density at radius 2 is 2.06 bits per heavy atom. The van der Waals surface area contributed by atoms with Crippen molar-refractivity contribution in [2.24, 2.45) is 5.73 Å². The normalized spacial score (nSPS) is 23.6. The van der Waals surface area contributed by atoms with Crippen LogP contribution in [0.2, 0.25) is 0 Å². The third kappa shape index (κ3) is 3.08. The summed E-state index contributed by atoms with van der Waals surface area (Å²) in [6, 6.07) is 9.88. The van der Waals surface area contributed by atoms with Gasteiger partial charge in [0.05, 0.1) is 0 Å². The topological polar surface area (TPSA) is 29.3 Å². The van der Waals surface area contributed by atoms with E-state index in [1.807, 2.05) is 0 Å². The predicted molar refractivity (Wildman–Crippen MR) is 73.0 cm³/mol. The molecule has 2 atom stereocenters. The van der Waals surface area contributed by atoms with E-state index in [2.05, 4.69) is 43.0 Å². The lowest BCUT2D eigenvalue weighted by atomic mass is 10.00. The van der Waals surface area contributed by atoms with E-state index in [0.717, 1.165) is 13.0 Å². The lowest BCUT2D eigenvalue weighted by Gasteiger charge is -2.35. The number of hydrogen-bond donors (Lipinski definition) is 1. The first-order valence-electron chi connectivity index (χ1n) is 6.79. The Balaban J connectivity index is 2.04. The highest BCUT2D eigenvalue weighted by molar-refractivity contribution is 5.24. The molecule has 1 aromatic rings. The van der Waals surface area contributed by atoms with Crippen LogP contribution in [0.4, 0.5) is 0 Å². The van der Waals surface area contributed by atoms with E-state index in [-0.39, 0.29) is 0 Å². The molecule has 1 fully saturated rings. The average Bonchev–Trinajstić information content (AvgIpc) is 2.38. The van der Waals surface area contributed by atoms with Crippen LogP contribution in [0.5, 0.6) is 0 Å². The number of rotatable bonds is 3. The van der Waals surface area contributed by atoms with Gasteiger partial charge in [0.2, 0.25) is 0 Å². The van der Waals surface area contributed by atoms with Gasteiger partial charge in [-0.15, -0.1) is 0 Å². The Labute approximate surface area is 105 Å². The van der Waals surface area contributed by atoms with Crippen molar-refractivity contribution >= 4 is 0 Å². The van der Waals surface area contributed by atoms with Gasteiger partial charge in [-0.05, 0) is 43.9 Å². The SMILES string of the molecule is CCc1ccc(C(C)N2CCCC(N)C2)cc1. The number of piperidine rings is 1. The smallest absolute Gasteiger partial charge is 0.0320 e. The minimum absolute atomic E-state index is 0.362. The second kappa shape index (κ2) is 5.65. The van der Waals surface area contributed by atoms with Crippen molar-refractivity contribution in [1.29, 1.82) is 0 Å². The summed E-state index contributed by atoms with van der Waals surface area (Å²) in [6.45, 7) is 6.71. The van der Waals surface area contributed by atoms with Crippen molar-refractivity contribution in [1.82, 2.24) is 4.90 Å². The molecule has 0 saturated carbocycles. The van der Waals surface area contributed by atoms with Crippen LogP contribution < -0.4 is 5.73 Å². The molecule has 94 valence electrons. The third-order valence-corrected chi connectivity index (χ3v) is 3.91. The molecular weight excluding hydrogens is 208 g/mol. The van der Waals surface area contributed by atoms with Crippen molar-refractivity contribution in [3.05, 3.63) is 35.4 Å². The van der Waals surface area contributed by atoms with Crippen LogP contribution in [-0.2, 0) is 6.42 Å². The predicted octanol–water partition coefficient (Wildman–Crippen LogP) is 2.73. The zero-order valence-electron chi connectivity index (χ0n) is 11.0. The van der Waals surface area contributed by atoms with Crippen molar-refractivity contribution in [2.75, 3.05) is 13.1 Å². The molecule has 0 spiro atoms. The van der Waals surface area contributed by atoms with Gasteiger partial charge in [-0.1, -0.05) is 31.2 Å². The van der Waals surface area contributed by atoms with Crippen LogP contribution in [0, 0.1) is 0 Å². The summed E-state index contributed by atoms with van der Waals surface area (Å²) in [5, 5.41) is 0. The Kier molecular flexibility index (Phi) is 4.19. The second-order valence-electron chi connectivity index (χ2n) is 5.17. The maximum atomic E-state index is 6.04. The van der Waals surface area contributed by atoms with Crippen LogP contribution in [0.15, 0.2) is 24.3 Å². The molecule has 2 rings (SSSR count). The summed E-state index contributed by atoms with van der Waals surface area (Å²) in [5.74, 6) is 0. The van der Waals surface area contributed by atoms with E-state index < -0.39 is 0 Å². The summed E-state index contributed by atoms with van der Waals surface area (Å²) in [4.78, 5) is 2.51. The van der Waals surface area contributed by atoms with Gasteiger partial charge in [0.25, 0.3) is 0 Å². The zero-order chi connectivity index (χ0) is 12.3. The molecule has 1 heterocycles. The van der Waals surface area contributed by atoms with Crippen molar-refractivity contribution in [3.8, 4) is 0 Å². The first kappa shape index (κ1) is 12.6. The highest BCUT2D eigenvalue weighted by Gasteiger charge is 2.21. The van der Waals surface area contributed by atoms with Crippen molar-refractivity contribution in [2.45, 2.75) is 45.2 Å². The second-order valence-corrected chi connectivity index (χ2v) is 5.17. The van der Waals surface area contributed by atoms with Gasteiger partial charge < -0.3 is 5.73 Å². The van der Waals surface area contributed by atoms with Crippen LogP contribution in [-0.4, -0.2) is 24.0 Å². The Hall–Kier alpha value is -0.860. The fraction of sp³-hybridized carbons (Fsp3) is 0.600.